The van der Waals surface area contributed by atoms with E-state index in [0.29, 0.717) is 12.5 Å². The minimum Gasteiger partial charge on any atom is -0.465 e. The van der Waals surface area contributed by atoms with Crippen LogP contribution in [0.4, 0.5) is 4.79 Å². The number of nitrogens with zero attached hydrogens (tertiary/aromatic N) is 2. The maximum Gasteiger partial charge on any atom is 0.407 e. The Morgan fingerprint density at radius 3 is 3.07 bits per heavy atom. The van der Waals surface area contributed by atoms with Crippen LogP contribution >= 0.6 is 22.6 Å². The van der Waals surface area contributed by atoms with E-state index in [9.17, 15) is 4.79 Å². The highest BCUT2D eigenvalue weighted by atomic mass is 127. The zero-order chi connectivity index (χ0) is 11.0. The summed E-state index contributed by atoms with van der Waals surface area (Å²) in [6.07, 6.45) is 1.77. The van der Waals surface area contributed by atoms with Crippen LogP contribution in [0.15, 0.2) is 6.20 Å². The second-order valence-corrected chi connectivity index (χ2v) is 5.01. The largest absolute Gasteiger partial charge is 0.465 e. The van der Waals surface area contributed by atoms with Gasteiger partial charge < -0.3 is 10.1 Å². The van der Waals surface area contributed by atoms with Crippen molar-refractivity contribution in [1.29, 1.82) is 0 Å². The molecule has 0 saturated carbocycles. The molecule has 0 aliphatic carbocycles. The number of carboxylic acid groups (broad SMARTS) is 1. The Bertz CT molecular complexity index is 379. The lowest BCUT2D eigenvalue weighted by atomic mass is 10.1. The normalized spacial score (nSPS) is 25.9. The van der Waals surface area contributed by atoms with E-state index in [2.05, 4.69) is 39.5 Å². The van der Waals surface area contributed by atoms with Gasteiger partial charge in [0.25, 0.3) is 0 Å². The van der Waals surface area contributed by atoms with Crippen molar-refractivity contribution in [1.82, 2.24) is 14.9 Å². The summed E-state index contributed by atoms with van der Waals surface area (Å²) in [5, 5.41) is 9.05. The summed E-state index contributed by atoms with van der Waals surface area (Å²) in [6, 6.07) is -0.110. The number of halogens is 1. The van der Waals surface area contributed by atoms with Crippen LogP contribution in [0.2, 0.25) is 0 Å². The van der Waals surface area contributed by atoms with E-state index >= 15 is 0 Å². The minimum absolute atomic E-state index is 0.110. The molecular weight excluding hydrogens is 309 g/mol. The number of carbonyl (C=O) groups is 1. The first-order chi connectivity index (χ1) is 7.08. The fourth-order valence-corrected chi connectivity index (χ4v) is 2.42. The molecule has 1 amide bonds. The van der Waals surface area contributed by atoms with Gasteiger partial charge in [0.05, 0.1) is 6.04 Å². The Labute approximate surface area is 101 Å². The van der Waals surface area contributed by atoms with Crippen LogP contribution in [0.1, 0.15) is 25.2 Å². The first-order valence-corrected chi connectivity index (χ1v) is 5.86. The highest BCUT2D eigenvalue weighted by molar-refractivity contribution is 14.1. The molecule has 1 aliphatic heterocycles. The van der Waals surface area contributed by atoms with Crippen molar-refractivity contribution in [2.24, 2.45) is 5.92 Å². The molecule has 5 nitrogen and oxygen atoms in total. The first-order valence-electron chi connectivity index (χ1n) is 4.78. The number of rotatable bonds is 1. The smallest absolute Gasteiger partial charge is 0.407 e. The van der Waals surface area contributed by atoms with Crippen molar-refractivity contribution in [3.05, 3.63) is 15.7 Å². The zero-order valence-electron chi connectivity index (χ0n) is 8.27. The highest BCUT2D eigenvalue weighted by Gasteiger charge is 2.35. The van der Waals surface area contributed by atoms with Crippen LogP contribution in [0.25, 0.3) is 0 Å². The molecule has 6 heteroatoms. The molecule has 0 unspecified atom stereocenters. The van der Waals surface area contributed by atoms with Crippen LogP contribution in [0.5, 0.6) is 0 Å². The molecule has 1 aromatic rings. The van der Waals surface area contributed by atoms with E-state index < -0.39 is 6.09 Å². The number of nitrogens with one attached hydrogen (secondary N) is 1. The SMILES string of the molecule is C[C@H]1C[C@@H](c2nc(I)c[nH]2)N(C(=O)O)C1. The molecule has 2 atom stereocenters. The maximum absolute atomic E-state index is 11.0. The van der Waals surface area contributed by atoms with E-state index in [0.717, 1.165) is 15.9 Å². The molecule has 0 spiro atoms. The number of hydrogen-bond donors (Lipinski definition) is 2. The third-order valence-corrected chi connectivity index (χ3v) is 3.19. The number of aromatic nitrogens is 2. The Morgan fingerprint density at radius 2 is 2.53 bits per heavy atom. The zero-order valence-corrected chi connectivity index (χ0v) is 10.4. The van der Waals surface area contributed by atoms with E-state index in [1.54, 1.807) is 6.20 Å². The molecule has 1 aliphatic rings. The number of H-pyrrole nitrogens is 1. The molecule has 2 rings (SSSR count). The molecule has 1 aromatic heterocycles. The molecule has 0 radical (unpaired) electrons. The lowest BCUT2D eigenvalue weighted by Crippen LogP contribution is -2.29. The van der Waals surface area contributed by atoms with Crippen LogP contribution in [-0.4, -0.2) is 32.6 Å². The molecule has 1 fully saturated rings. The van der Waals surface area contributed by atoms with E-state index in [4.69, 9.17) is 5.11 Å². The molecule has 82 valence electrons. The van der Waals surface area contributed by atoms with Crippen molar-refractivity contribution < 1.29 is 9.90 Å². The Kier molecular flexibility index (Phi) is 2.85. The van der Waals surface area contributed by atoms with Crippen LogP contribution in [0, 0.1) is 9.62 Å². The molecule has 0 aromatic carbocycles. The van der Waals surface area contributed by atoms with Gasteiger partial charge in [-0.15, -0.1) is 0 Å². The molecule has 2 heterocycles. The van der Waals surface area contributed by atoms with Gasteiger partial charge in [0.2, 0.25) is 0 Å². The van der Waals surface area contributed by atoms with E-state index in [1.165, 1.54) is 4.90 Å². The average molecular weight is 321 g/mol. The first kappa shape index (κ1) is 10.7. The Hall–Kier alpha value is -0.790. The van der Waals surface area contributed by atoms with Gasteiger partial charge in [-0.05, 0) is 34.9 Å². The van der Waals surface area contributed by atoms with Gasteiger partial charge in [-0.3, -0.25) is 4.90 Å². The average Bonchev–Trinajstić information content (AvgIpc) is 2.71. The summed E-state index contributed by atoms with van der Waals surface area (Å²) in [4.78, 5) is 19.8. The lowest BCUT2D eigenvalue weighted by Gasteiger charge is -2.19. The van der Waals surface area contributed by atoms with Gasteiger partial charge in [-0.2, -0.15) is 0 Å². The lowest BCUT2D eigenvalue weighted by molar-refractivity contribution is 0.138. The molecule has 0 bridgehead atoms. The quantitative estimate of drug-likeness (QED) is 0.778. The second kappa shape index (κ2) is 3.99. The minimum atomic E-state index is -0.865. The second-order valence-electron chi connectivity index (χ2n) is 3.90. The molecule has 15 heavy (non-hydrogen) atoms. The highest BCUT2D eigenvalue weighted by Crippen LogP contribution is 2.33. The molecular formula is C9H12IN3O2. The van der Waals surface area contributed by atoms with Gasteiger partial charge in [-0.25, -0.2) is 9.78 Å². The predicted octanol–water partition coefficient (Wildman–Crippen LogP) is 2.08. The van der Waals surface area contributed by atoms with Crippen LogP contribution < -0.4 is 0 Å². The van der Waals surface area contributed by atoms with Crippen molar-refractivity contribution >= 4 is 28.7 Å². The van der Waals surface area contributed by atoms with E-state index in [1.807, 2.05) is 0 Å². The van der Waals surface area contributed by atoms with Crippen molar-refractivity contribution in [3.63, 3.8) is 0 Å². The van der Waals surface area contributed by atoms with Gasteiger partial charge in [0.15, 0.2) is 0 Å². The summed E-state index contributed by atoms with van der Waals surface area (Å²) in [6.45, 7) is 2.65. The monoisotopic (exact) mass is 321 g/mol. The topological polar surface area (TPSA) is 69.2 Å². The van der Waals surface area contributed by atoms with Gasteiger partial charge in [-0.1, -0.05) is 6.92 Å². The van der Waals surface area contributed by atoms with Crippen molar-refractivity contribution in [3.8, 4) is 0 Å². The van der Waals surface area contributed by atoms with Gasteiger partial charge >= 0.3 is 6.09 Å². The molecule has 1 saturated heterocycles. The number of amides is 1. The Balaban J connectivity index is 2.24. The van der Waals surface area contributed by atoms with Crippen molar-refractivity contribution in [2.75, 3.05) is 6.54 Å². The number of likely N-dealkylation sites (tertiary alicyclic amines) is 1. The number of aromatic amines is 1. The summed E-state index contributed by atoms with van der Waals surface area (Å²) in [7, 11) is 0. The fraction of sp³-hybridized carbons (Fsp3) is 0.556. The summed E-state index contributed by atoms with van der Waals surface area (Å²) >= 11 is 2.11. The third-order valence-electron chi connectivity index (χ3n) is 2.64. The summed E-state index contributed by atoms with van der Waals surface area (Å²) in [5.41, 5.74) is 0. The van der Waals surface area contributed by atoms with Crippen LogP contribution in [-0.2, 0) is 0 Å². The molecule has 2 N–H and O–H groups in total. The fourth-order valence-electron chi connectivity index (χ4n) is 2.00. The Morgan fingerprint density at radius 1 is 1.80 bits per heavy atom. The van der Waals surface area contributed by atoms with Crippen molar-refractivity contribution in [2.45, 2.75) is 19.4 Å². The van der Waals surface area contributed by atoms with Crippen LogP contribution in [0.3, 0.4) is 0 Å². The summed E-state index contributed by atoms with van der Waals surface area (Å²) in [5.74, 6) is 1.15. The summed E-state index contributed by atoms with van der Waals surface area (Å²) < 4.78 is 0.868. The third kappa shape index (κ3) is 2.09. The predicted molar refractivity (Wildman–Crippen MR) is 62.6 cm³/mol. The standard InChI is InChI=1S/C9H12IN3O2/c1-5-2-6(13(4-5)9(14)15)8-11-3-7(10)12-8/h3,5-6H,2,4H2,1H3,(H,11,12)(H,14,15)/t5-,6-/m0/s1. The number of imidazole rings is 1. The van der Waals surface area contributed by atoms with Gasteiger partial charge in [0.1, 0.15) is 9.53 Å². The number of hydrogen-bond acceptors (Lipinski definition) is 2. The van der Waals surface area contributed by atoms with E-state index in [-0.39, 0.29) is 6.04 Å². The maximum atomic E-state index is 11.0. The van der Waals surface area contributed by atoms with Gasteiger partial charge in [0, 0.05) is 12.7 Å².